The Bertz CT molecular complexity index is 1560. The second-order valence-corrected chi connectivity index (χ2v) is 11.5. The second kappa shape index (κ2) is 10.8. The fourth-order valence-corrected chi connectivity index (χ4v) is 6.42. The third-order valence-electron chi connectivity index (χ3n) is 5.44. The van der Waals surface area contributed by atoms with E-state index in [-0.39, 0.29) is 15.5 Å². The Morgan fingerprint density at radius 1 is 1.11 bits per heavy atom. The highest BCUT2D eigenvalue weighted by molar-refractivity contribution is 7.98. The van der Waals surface area contributed by atoms with Gasteiger partial charge in [-0.05, 0) is 67.8 Å². The van der Waals surface area contributed by atoms with Crippen molar-refractivity contribution in [3.63, 3.8) is 0 Å². The third-order valence-corrected chi connectivity index (χ3v) is 8.96. The van der Waals surface area contributed by atoms with E-state index < -0.39 is 22.5 Å². The summed E-state index contributed by atoms with van der Waals surface area (Å²) in [5.41, 5.74) is 1.49. The molecule has 1 heterocycles. The van der Waals surface area contributed by atoms with Gasteiger partial charge in [-0.25, -0.2) is 8.42 Å². The summed E-state index contributed by atoms with van der Waals surface area (Å²) in [5.74, 6) is -0.180. The minimum atomic E-state index is -4.10. The van der Waals surface area contributed by atoms with Crippen molar-refractivity contribution >= 4 is 60.6 Å². The fourth-order valence-electron chi connectivity index (χ4n) is 3.66. The second-order valence-electron chi connectivity index (χ2n) is 7.75. The van der Waals surface area contributed by atoms with Crippen molar-refractivity contribution in [2.75, 3.05) is 29.0 Å². The van der Waals surface area contributed by atoms with E-state index in [1.54, 1.807) is 68.6 Å². The smallest absolute Gasteiger partial charge is 0.307 e. The molecule has 0 aliphatic heterocycles. The van der Waals surface area contributed by atoms with Crippen molar-refractivity contribution in [1.29, 1.82) is 0 Å². The Kier molecular flexibility index (Phi) is 7.72. The van der Waals surface area contributed by atoms with Crippen molar-refractivity contribution in [2.45, 2.75) is 16.7 Å². The molecule has 0 unspecified atom stereocenters. The number of aromatic nitrogens is 1. The number of thioether (sulfide) groups is 1. The highest BCUT2D eigenvalue weighted by Gasteiger charge is 2.29. The number of ether oxygens (including phenoxy) is 1. The van der Waals surface area contributed by atoms with Crippen LogP contribution in [0.4, 0.5) is 11.4 Å². The molecule has 188 valence electrons. The van der Waals surface area contributed by atoms with E-state index in [0.717, 1.165) is 30.8 Å². The lowest BCUT2D eigenvalue weighted by Crippen LogP contribution is -2.38. The van der Waals surface area contributed by atoms with Crippen molar-refractivity contribution in [3.05, 3.63) is 76.4 Å². The molecule has 11 heteroatoms. The summed E-state index contributed by atoms with van der Waals surface area (Å²) in [5, 5.41) is 2.76. The van der Waals surface area contributed by atoms with E-state index >= 15 is 0 Å². The van der Waals surface area contributed by atoms with Crippen LogP contribution in [0.2, 0.25) is 0 Å². The number of thiazole rings is 1. The molecule has 0 aliphatic rings. The fraction of sp³-hybridized carbons (Fsp3) is 0.200. The number of hydrogen-bond donors (Lipinski definition) is 1. The standard InChI is InChI=1S/C25H25N3O5S3/c1-4-33-22-8-6-5-7-20(22)28(36(31,32)19-12-10-18(34-3)11-13-19)16-24(29)26-17-9-14-21-23(15-17)35-25(30)27(21)2/h5-15H,4,16H2,1-3H3,(H,26,29). The lowest BCUT2D eigenvalue weighted by molar-refractivity contribution is -0.114. The van der Waals surface area contributed by atoms with Crippen molar-refractivity contribution in [3.8, 4) is 5.75 Å². The molecule has 4 aromatic rings. The molecule has 0 bridgehead atoms. The summed E-state index contributed by atoms with van der Waals surface area (Å²) in [6, 6.07) is 18.4. The molecule has 1 amide bonds. The summed E-state index contributed by atoms with van der Waals surface area (Å²) in [6.07, 6.45) is 1.91. The summed E-state index contributed by atoms with van der Waals surface area (Å²) in [7, 11) is -2.42. The van der Waals surface area contributed by atoms with Gasteiger partial charge in [0.1, 0.15) is 12.3 Å². The van der Waals surface area contributed by atoms with Gasteiger partial charge in [0, 0.05) is 17.6 Å². The lowest BCUT2D eigenvalue weighted by atomic mass is 10.2. The maximum atomic E-state index is 13.7. The average Bonchev–Trinajstić information content (AvgIpc) is 3.15. The molecule has 36 heavy (non-hydrogen) atoms. The zero-order valence-corrected chi connectivity index (χ0v) is 22.4. The van der Waals surface area contributed by atoms with Gasteiger partial charge in [0.05, 0.1) is 27.4 Å². The predicted octanol–water partition coefficient (Wildman–Crippen LogP) is 4.55. The van der Waals surface area contributed by atoms with E-state index in [9.17, 15) is 18.0 Å². The normalized spacial score (nSPS) is 11.4. The van der Waals surface area contributed by atoms with Crippen LogP contribution < -0.4 is 19.2 Å². The van der Waals surface area contributed by atoms with E-state index in [0.29, 0.717) is 18.0 Å². The van der Waals surface area contributed by atoms with Gasteiger partial charge in [-0.2, -0.15) is 0 Å². The number of carbonyl (C=O) groups excluding carboxylic acids is 1. The summed E-state index contributed by atoms with van der Waals surface area (Å²) >= 11 is 2.58. The number of benzene rings is 3. The summed E-state index contributed by atoms with van der Waals surface area (Å²) in [4.78, 5) is 26.0. The molecule has 4 rings (SSSR count). The number of anilines is 2. The monoisotopic (exact) mass is 543 g/mol. The van der Waals surface area contributed by atoms with Gasteiger partial charge in [-0.3, -0.25) is 13.9 Å². The van der Waals surface area contributed by atoms with Crippen molar-refractivity contribution in [2.24, 2.45) is 7.05 Å². The van der Waals surface area contributed by atoms with Gasteiger partial charge < -0.3 is 14.6 Å². The Hall–Kier alpha value is -3.28. The largest absolute Gasteiger partial charge is 0.492 e. The number of carbonyl (C=O) groups is 1. The molecule has 0 radical (unpaired) electrons. The molecule has 0 spiro atoms. The minimum Gasteiger partial charge on any atom is -0.492 e. The van der Waals surface area contributed by atoms with Gasteiger partial charge in [0.2, 0.25) is 5.91 Å². The van der Waals surface area contributed by atoms with E-state index in [2.05, 4.69) is 5.32 Å². The Labute approximate surface area is 217 Å². The van der Waals surface area contributed by atoms with Crippen molar-refractivity contribution in [1.82, 2.24) is 4.57 Å². The lowest BCUT2D eigenvalue weighted by Gasteiger charge is -2.26. The molecular formula is C25H25N3O5S3. The van der Waals surface area contributed by atoms with Crippen LogP contribution in [0.25, 0.3) is 10.2 Å². The average molecular weight is 544 g/mol. The van der Waals surface area contributed by atoms with Gasteiger partial charge in [-0.15, -0.1) is 11.8 Å². The Morgan fingerprint density at radius 3 is 2.53 bits per heavy atom. The van der Waals surface area contributed by atoms with Crippen LogP contribution in [0.1, 0.15) is 6.92 Å². The van der Waals surface area contributed by atoms with Crippen LogP contribution in [0.3, 0.4) is 0 Å². The molecule has 3 aromatic carbocycles. The van der Waals surface area contributed by atoms with E-state index in [4.69, 9.17) is 4.74 Å². The minimum absolute atomic E-state index is 0.0647. The number of fused-ring (bicyclic) bond motifs is 1. The number of nitrogens with zero attached hydrogens (tertiary/aromatic N) is 2. The number of rotatable bonds is 9. The van der Waals surface area contributed by atoms with Crippen LogP contribution in [-0.2, 0) is 21.9 Å². The topological polar surface area (TPSA) is 97.7 Å². The molecule has 0 saturated heterocycles. The first-order chi connectivity index (χ1) is 17.2. The molecule has 0 saturated carbocycles. The number of aryl methyl sites for hydroxylation is 1. The number of para-hydroxylation sites is 2. The number of amides is 1. The number of hydrogen-bond acceptors (Lipinski definition) is 7. The van der Waals surface area contributed by atoms with Gasteiger partial charge >= 0.3 is 4.87 Å². The van der Waals surface area contributed by atoms with Gasteiger partial charge in [-0.1, -0.05) is 23.5 Å². The number of nitrogens with one attached hydrogen (secondary N) is 1. The van der Waals surface area contributed by atoms with Crippen LogP contribution in [0, 0.1) is 0 Å². The first-order valence-electron chi connectivity index (χ1n) is 11.0. The molecule has 0 aliphatic carbocycles. The molecule has 0 atom stereocenters. The first kappa shape index (κ1) is 25.8. The predicted molar refractivity (Wildman–Crippen MR) is 146 cm³/mol. The zero-order valence-electron chi connectivity index (χ0n) is 19.9. The SMILES string of the molecule is CCOc1ccccc1N(CC(=O)Nc1ccc2c(c1)sc(=O)n2C)S(=O)(=O)c1ccc(SC)cc1. The molecule has 8 nitrogen and oxygen atoms in total. The quantitative estimate of drug-likeness (QED) is 0.311. The van der Waals surface area contributed by atoms with Crippen LogP contribution >= 0.6 is 23.1 Å². The summed E-state index contributed by atoms with van der Waals surface area (Å²) < 4.78 is 36.5. The van der Waals surface area contributed by atoms with Gasteiger partial charge in [0.15, 0.2) is 0 Å². The Balaban J connectivity index is 1.69. The molecule has 1 aromatic heterocycles. The van der Waals surface area contributed by atoms with Crippen LogP contribution in [0.5, 0.6) is 5.75 Å². The van der Waals surface area contributed by atoms with Crippen LogP contribution in [0.15, 0.2) is 81.3 Å². The highest BCUT2D eigenvalue weighted by atomic mass is 32.2. The van der Waals surface area contributed by atoms with Crippen LogP contribution in [-0.4, -0.2) is 38.3 Å². The van der Waals surface area contributed by atoms with Gasteiger partial charge in [0.25, 0.3) is 10.0 Å². The van der Waals surface area contributed by atoms with E-state index in [1.807, 2.05) is 6.26 Å². The third kappa shape index (κ3) is 5.28. The van der Waals surface area contributed by atoms with E-state index in [1.165, 1.54) is 28.5 Å². The van der Waals surface area contributed by atoms with Crippen molar-refractivity contribution < 1.29 is 17.9 Å². The first-order valence-corrected chi connectivity index (χ1v) is 14.5. The Morgan fingerprint density at radius 2 is 1.83 bits per heavy atom. The number of sulfonamides is 1. The molecule has 1 N–H and O–H groups in total. The molecular weight excluding hydrogens is 518 g/mol. The highest BCUT2D eigenvalue weighted by Crippen LogP contribution is 2.33. The summed E-state index contributed by atoms with van der Waals surface area (Å²) in [6.45, 7) is 1.66. The molecule has 0 fully saturated rings. The zero-order chi connectivity index (χ0) is 25.9. The maximum absolute atomic E-state index is 13.7. The maximum Gasteiger partial charge on any atom is 0.307 e.